The van der Waals surface area contributed by atoms with Crippen molar-refractivity contribution in [3.63, 3.8) is 0 Å². The first kappa shape index (κ1) is 16.1. The number of aromatic amines is 2. The molecule has 0 aliphatic carbocycles. The van der Waals surface area contributed by atoms with Gasteiger partial charge < -0.3 is 14.4 Å². The van der Waals surface area contributed by atoms with Crippen molar-refractivity contribution in [2.75, 3.05) is 0 Å². The van der Waals surface area contributed by atoms with E-state index < -0.39 is 0 Å². The molecule has 0 aliphatic rings. The Labute approximate surface area is 164 Å². The van der Waals surface area contributed by atoms with Crippen molar-refractivity contribution in [1.82, 2.24) is 19.9 Å². The summed E-state index contributed by atoms with van der Waals surface area (Å²) in [4.78, 5) is 27.9. The lowest BCUT2D eigenvalue weighted by molar-refractivity contribution is 0.570. The normalized spacial score (nSPS) is 11.9. The Morgan fingerprint density at radius 3 is 1.97 bits per heavy atom. The van der Waals surface area contributed by atoms with Gasteiger partial charge in [-0.1, -0.05) is 12.1 Å². The molecule has 0 fully saturated rings. The zero-order valence-corrected chi connectivity index (χ0v) is 15.8. The Hall–Kier alpha value is -3.93. The third-order valence-corrected chi connectivity index (χ3v) is 5.44. The smallest absolute Gasteiger partial charge is 0.344 e. The van der Waals surface area contributed by atoms with Crippen molar-refractivity contribution in [3.05, 3.63) is 70.9 Å². The van der Waals surface area contributed by atoms with Crippen LogP contribution in [0.25, 0.3) is 55.0 Å². The van der Waals surface area contributed by atoms with E-state index in [-0.39, 0.29) is 5.63 Å². The molecule has 0 atom stereocenters. The number of nitrogens with zero attached hydrogens (tertiary/aromatic N) is 2. The lowest BCUT2D eigenvalue weighted by atomic mass is 9.94. The van der Waals surface area contributed by atoms with Gasteiger partial charge in [-0.2, -0.15) is 0 Å². The Kier molecular flexibility index (Phi) is 3.07. The quantitative estimate of drug-likeness (QED) is 0.329. The highest BCUT2D eigenvalue weighted by molar-refractivity contribution is 6.22. The first-order chi connectivity index (χ1) is 14.1. The van der Waals surface area contributed by atoms with E-state index in [9.17, 15) is 4.79 Å². The predicted octanol–water partition coefficient (Wildman–Crippen LogP) is 4.93. The average molecular weight is 380 g/mol. The second-order valence-corrected chi connectivity index (χ2v) is 7.41. The average Bonchev–Trinajstić information content (AvgIpc) is 3.34. The number of aromatic nitrogens is 4. The fourth-order valence-electron chi connectivity index (χ4n) is 4.13. The molecule has 0 bridgehead atoms. The number of imidazole rings is 2. The maximum absolute atomic E-state index is 12.9. The van der Waals surface area contributed by atoms with Crippen LogP contribution in [0, 0.1) is 13.8 Å². The number of hydrogen-bond acceptors (Lipinski definition) is 4. The highest BCUT2D eigenvalue weighted by Crippen LogP contribution is 2.37. The summed E-state index contributed by atoms with van der Waals surface area (Å²) < 4.78 is 5.76. The monoisotopic (exact) mass is 380 g/mol. The summed E-state index contributed by atoms with van der Waals surface area (Å²) in [7, 11) is 0. The third-order valence-electron chi connectivity index (χ3n) is 5.44. The minimum atomic E-state index is -0.342. The fraction of sp³-hybridized carbons (Fsp3) is 0.0870. The summed E-state index contributed by atoms with van der Waals surface area (Å²) >= 11 is 0. The van der Waals surface area contributed by atoms with Gasteiger partial charge in [0.05, 0.1) is 29.2 Å². The van der Waals surface area contributed by atoms with Gasteiger partial charge in [-0.25, -0.2) is 14.8 Å². The molecule has 6 heteroatoms. The maximum Gasteiger partial charge on any atom is 0.344 e. The number of H-pyrrole nitrogens is 2. The van der Waals surface area contributed by atoms with Gasteiger partial charge in [-0.15, -0.1) is 0 Å². The molecular formula is C23H16N4O2. The van der Waals surface area contributed by atoms with Crippen molar-refractivity contribution < 1.29 is 4.42 Å². The van der Waals surface area contributed by atoms with Crippen molar-refractivity contribution in [1.29, 1.82) is 0 Å². The Bertz CT molecular complexity index is 1600. The summed E-state index contributed by atoms with van der Waals surface area (Å²) in [5.41, 5.74) is 3.87. The minimum Gasteiger partial charge on any atom is -0.422 e. The van der Waals surface area contributed by atoms with Crippen LogP contribution in [0.4, 0.5) is 0 Å². The number of hydrogen-bond donors (Lipinski definition) is 2. The maximum atomic E-state index is 12.9. The minimum absolute atomic E-state index is 0.342. The van der Waals surface area contributed by atoms with E-state index >= 15 is 0 Å². The molecule has 6 nitrogen and oxygen atoms in total. The van der Waals surface area contributed by atoms with Crippen LogP contribution in [0.15, 0.2) is 58.0 Å². The molecule has 3 aromatic carbocycles. The van der Waals surface area contributed by atoms with E-state index in [2.05, 4.69) is 44.2 Å². The van der Waals surface area contributed by atoms with Gasteiger partial charge in [0.15, 0.2) is 0 Å². The molecule has 0 spiro atoms. The van der Waals surface area contributed by atoms with Gasteiger partial charge in [-0.3, -0.25) is 0 Å². The van der Waals surface area contributed by atoms with Crippen molar-refractivity contribution in [2.24, 2.45) is 0 Å². The van der Waals surface area contributed by atoms with E-state index in [1.165, 1.54) is 0 Å². The van der Waals surface area contributed by atoms with Crippen molar-refractivity contribution in [2.45, 2.75) is 13.8 Å². The summed E-state index contributed by atoms with van der Waals surface area (Å²) in [6, 6.07) is 12.1. The van der Waals surface area contributed by atoms with Gasteiger partial charge in [0.25, 0.3) is 0 Å². The van der Waals surface area contributed by atoms with Gasteiger partial charge in [0.1, 0.15) is 17.2 Å². The second kappa shape index (κ2) is 5.54. The molecule has 0 radical (unpaired) electrons. The number of benzene rings is 3. The van der Waals surface area contributed by atoms with E-state index in [0.29, 0.717) is 11.0 Å². The number of aryl methyl sites for hydroxylation is 2. The lowest BCUT2D eigenvalue weighted by Crippen LogP contribution is -2.02. The largest absolute Gasteiger partial charge is 0.422 e. The molecule has 6 aromatic rings. The van der Waals surface area contributed by atoms with Crippen LogP contribution in [-0.2, 0) is 0 Å². The zero-order chi connectivity index (χ0) is 19.7. The van der Waals surface area contributed by atoms with Crippen LogP contribution >= 0.6 is 0 Å². The van der Waals surface area contributed by atoms with Gasteiger partial charge in [-0.05, 0) is 48.9 Å². The van der Waals surface area contributed by atoms with Crippen LogP contribution in [-0.4, -0.2) is 19.9 Å². The Morgan fingerprint density at radius 1 is 0.793 bits per heavy atom. The third kappa shape index (κ3) is 2.32. The molecule has 140 valence electrons. The van der Waals surface area contributed by atoms with Crippen molar-refractivity contribution in [3.8, 4) is 22.5 Å². The van der Waals surface area contributed by atoms with E-state index in [4.69, 9.17) is 4.42 Å². The molecule has 3 heterocycles. The summed E-state index contributed by atoms with van der Waals surface area (Å²) in [6.45, 7) is 3.81. The lowest BCUT2D eigenvalue weighted by Gasteiger charge is -2.12. The molecule has 0 amide bonds. The standard InChI is InChI=1S/C23H16N4O2/c1-11-24-9-18(26-11)15-5-13-3-4-14-6-16(19-10-25-12(2)27-19)8-20-22(14)21(13)17(7-15)23(28)29-20/h3-10H,1-2H3,(H,24,26)(H,25,27). The molecular weight excluding hydrogens is 364 g/mol. The molecule has 29 heavy (non-hydrogen) atoms. The molecule has 2 N–H and O–H groups in total. The van der Waals surface area contributed by atoms with Crippen LogP contribution in [0.1, 0.15) is 11.6 Å². The van der Waals surface area contributed by atoms with Crippen LogP contribution in [0.2, 0.25) is 0 Å². The topological polar surface area (TPSA) is 87.6 Å². The van der Waals surface area contributed by atoms with E-state index in [0.717, 1.165) is 55.7 Å². The molecule has 6 rings (SSSR count). The van der Waals surface area contributed by atoms with Gasteiger partial charge >= 0.3 is 5.63 Å². The highest BCUT2D eigenvalue weighted by Gasteiger charge is 2.17. The summed E-state index contributed by atoms with van der Waals surface area (Å²) in [5, 5.41) is 4.50. The molecule has 0 saturated heterocycles. The number of nitrogens with one attached hydrogen (secondary N) is 2. The first-order valence-corrected chi connectivity index (χ1v) is 9.37. The Morgan fingerprint density at radius 2 is 1.38 bits per heavy atom. The number of rotatable bonds is 2. The SMILES string of the molecule is Cc1ncc(-c2cc3ccc4cc(-c5cnc(C)[nH]5)cc5c(=O)oc(c2)c3c45)[nH]1. The van der Waals surface area contributed by atoms with Crippen LogP contribution in [0.3, 0.4) is 0 Å². The molecule has 3 aromatic heterocycles. The van der Waals surface area contributed by atoms with Crippen LogP contribution in [0.5, 0.6) is 0 Å². The fourth-order valence-corrected chi connectivity index (χ4v) is 4.13. The van der Waals surface area contributed by atoms with Gasteiger partial charge in [0, 0.05) is 21.9 Å². The molecule has 0 saturated carbocycles. The van der Waals surface area contributed by atoms with Gasteiger partial charge in [0.2, 0.25) is 0 Å². The molecule has 0 aliphatic heterocycles. The predicted molar refractivity (Wildman–Crippen MR) is 113 cm³/mol. The van der Waals surface area contributed by atoms with Crippen LogP contribution < -0.4 is 5.63 Å². The van der Waals surface area contributed by atoms with E-state index in [1.807, 2.05) is 26.0 Å². The first-order valence-electron chi connectivity index (χ1n) is 9.37. The Balaban J connectivity index is 1.69. The van der Waals surface area contributed by atoms with E-state index in [1.54, 1.807) is 12.4 Å². The van der Waals surface area contributed by atoms with Crippen molar-refractivity contribution >= 4 is 32.5 Å². The zero-order valence-electron chi connectivity index (χ0n) is 15.8. The summed E-state index contributed by atoms with van der Waals surface area (Å²) in [6.07, 6.45) is 3.57. The molecule has 0 unspecified atom stereocenters. The summed E-state index contributed by atoms with van der Waals surface area (Å²) in [5.74, 6) is 1.67. The second-order valence-electron chi connectivity index (χ2n) is 7.41. The highest BCUT2D eigenvalue weighted by atomic mass is 16.4.